The molecule has 0 amide bonds. The number of anilines is 3. The van der Waals surface area contributed by atoms with Crippen molar-refractivity contribution in [1.82, 2.24) is 0 Å². The summed E-state index contributed by atoms with van der Waals surface area (Å²) in [7, 11) is 0. The van der Waals surface area contributed by atoms with E-state index in [0.717, 1.165) is 45.3 Å². The summed E-state index contributed by atoms with van der Waals surface area (Å²) < 4.78 is 9.36. The first-order valence-electron chi connectivity index (χ1n) is 21.9. The Balaban J connectivity index is 1.13. The number of hydrogen-bond acceptors (Lipinski definition) is 3. The van der Waals surface area contributed by atoms with E-state index >= 15 is 0 Å². The van der Waals surface area contributed by atoms with E-state index in [9.17, 15) is 0 Å². The molecule has 11 aromatic rings. The lowest BCUT2D eigenvalue weighted by atomic mass is 9.65. The lowest BCUT2D eigenvalue weighted by Crippen LogP contribution is -2.33. The third-order valence-corrected chi connectivity index (χ3v) is 14.5. The van der Waals surface area contributed by atoms with Gasteiger partial charge < -0.3 is 9.64 Å². The topological polar surface area (TPSA) is 12.5 Å². The predicted octanol–water partition coefficient (Wildman–Crippen LogP) is 17.0. The van der Waals surface area contributed by atoms with E-state index in [1.54, 1.807) is 0 Å². The van der Waals surface area contributed by atoms with Gasteiger partial charge >= 0.3 is 0 Å². The Morgan fingerprint density at radius 1 is 0.359 bits per heavy atom. The highest BCUT2D eigenvalue weighted by Crippen LogP contribution is 2.65. The van der Waals surface area contributed by atoms with Crippen LogP contribution < -0.4 is 9.64 Å². The van der Waals surface area contributed by atoms with Gasteiger partial charge in [0.15, 0.2) is 0 Å². The summed E-state index contributed by atoms with van der Waals surface area (Å²) >= 11 is 1.88. The van der Waals surface area contributed by atoms with Crippen LogP contribution >= 0.6 is 11.3 Å². The van der Waals surface area contributed by atoms with E-state index in [-0.39, 0.29) is 0 Å². The van der Waals surface area contributed by atoms with Gasteiger partial charge in [-0.05, 0) is 93.0 Å². The first kappa shape index (κ1) is 36.7. The van der Waals surface area contributed by atoms with Crippen LogP contribution in [0.15, 0.2) is 237 Å². The second-order valence-corrected chi connectivity index (χ2v) is 17.8. The molecule has 2 heterocycles. The van der Waals surface area contributed by atoms with Gasteiger partial charge in [-0.3, -0.25) is 0 Å². The van der Waals surface area contributed by atoms with Gasteiger partial charge in [0.25, 0.3) is 0 Å². The van der Waals surface area contributed by atoms with Crippen molar-refractivity contribution in [3.8, 4) is 56.0 Å². The van der Waals surface area contributed by atoms with E-state index < -0.39 is 5.41 Å². The number of para-hydroxylation sites is 2. The molecule has 1 aromatic heterocycles. The van der Waals surface area contributed by atoms with Gasteiger partial charge in [-0.15, -0.1) is 11.3 Å². The van der Waals surface area contributed by atoms with Crippen LogP contribution in [-0.4, -0.2) is 0 Å². The molecule has 64 heavy (non-hydrogen) atoms. The smallest absolute Gasteiger partial charge is 0.132 e. The Morgan fingerprint density at radius 2 is 0.922 bits per heavy atom. The van der Waals surface area contributed by atoms with Crippen molar-refractivity contribution in [1.29, 1.82) is 0 Å². The van der Waals surface area contributed by atoms with Gasteiger partial charge in [0, 0.05) is 53.8 Å². The zero-order chi connectivity index (χ0) is 42.2. The molecule has 2 nitrogen and oxygen atoms in total. The quantitative estimate of drug-likeness (QED) is 0.165. The molecule has 0 fully saturated rings. The van der Waals surface area contributed by atoms with Gasteiger partial charge in [0.05, 0.1) is 11.1 Å². The molecular weight excluding hydrogens is 795 g/mol. The zero-order valence-corrected chi connectivity index (χ0v) is 35.6. The number of ether oxygens (including phenoxy) is 1. The van der Waals surface area contributed by atoms with Crippen LogP contribution in [0.4, 0.5) is 17.1 Å². The van der Waals surface area contributed by atoms with Crippen LogP contribution in [-0.2, 0) is 5.41 Å². The standard InChI is InChI=1S/C61H39NOS/c1-3-17-40(18-4-1)42-33-35-43(36-34-42)50-38-46(39-51-48-24-8-14-32-58(48)64-60(50)51)62(45-22-15-21-44(37-45)41-19-5-2-6-20-41)55-29-16-25-49-47-23-7-9-26-52(47)61(59(49)55)53-27-10-12-30-56(53)63-57-31-13-11-28-54(57)61/h1-39H. The number of nitrogens with zero attached hydrogens (tertiary/aromatic N) is 1. The Kier molecular flexibility index (Phi) is 8.34. The number of fused-ring (bicyclic) bond motifs is 12. The Bertz CT molecular complexity index is 3540. The van der Waals surface area contributed by atoms with E-state index in [4.69, 9.17) is 4.74 Å². The molecule has 0 radical (unpaired) electrons. The summed E-state index contributed by atoms with van der Waals surface area (Å²) in [5.41, 5.74) is 17.0. The highest BCUT2D eigenvalue weighted by molar-refractivity contribution is 7.26. The minimum atomic E-state index is -0.668. The summed E-state index contributed by atoms with van der Waals surface area (Å²) in [6.45, 7) is 0. The summed E-state index contributed by atoms with van der Waals surface area (Å²) in [6, 6.07) is 86.5. The lowest BCUT2D eigenvalue weighted by molar-refractivity contribution is 0.436. The van der Waals surface area contributed by atoms with E-state index in [0.29, 0.717) is 0 Å². The minimum absolute atomic E-state index is 0.668. The first-order valence-corrected chi connectivity index (χ1v) is 22.7. The van der Waals surface area contributed by atoms with Crippen LogP contribution in [0.1, 0.15) is 22.3 Å². The predicted molar refractivity (Wildman–Crippen MR) is 268 cm³/mol. The number of thiophene rings is 1. The van der Waals surface area contributed by atoms with Gasteiger partial charge in [0.1, 0.15) is 11.5 Å². The molecule has 10 aromatic carbocycles. The van der Waals surface area contributed by atoms with E-state index in [1.165, 1.54) is 70.2 Å². The third kappa shape index (κ3) is 5.51. The third-order valence-electron chi connectivity index (χ3n) is 13.3. The molecule has 2 aliphatic rings. The Labute approximate surface area is 376 Å². The van der Waals surface area contributed by atoms with E-state index in [2.05, 4.69) is 241 Å². The molecule has 1 spiro atoms. The maximum Gasteiger partial charge on any atom is 0.132 e. The second kappa shape index (κ2) is 14.6. The van der Waals surface area contributed by atoms with Crippen molar-refractivity contribution in [3.63, 3.8) is 0 Å². The monoisotopic (exact) mass is 833 g/mol. The Hall–Kier alpha value is -7.98. The molecular formula is C61H39NOS. The summed E-state index contributed by atoms with van der Waals surface area (Å²) in [5.74, 6) is 1.76. The maximum absolute atomic E-state index is 6.80. The molecule has 0 bridgehead atoms. The minimum Gasteiger partial charge on any atom is -0.457 e. The van der Waals surface area contributed by atoms with Gasteiger partial charge in [-0.2, -0.15) is 0 Å². The van der Waals surface area contributed by atoms with Crippen molar-refractivity contribution in [2.24, 2.45) is 0 Å². The Morgan fingerprint density at radius 3 is 1.67 bits per heavy atom. The molecule has 0 atom stereocenters. The zero-order valence-electron chi connectivity index (χ0n) is 34.8. The highest BCUT2D eigenvalue weighted by atomic mass is 32.1. The molecule has 1 aliphatic carbocycles. The molecule has 300 valence electrons. The van der Waals surface area contributed by atoms with E-state index in [1.807, 2.05) is 11.3 Å². The van der Waals surface area contributed by atoms with Crippen LogP contribution in [0.5, 0.6) is 11.5 Å². The maximum atomic E-state index is 6.80. The molecule has 0 saturated carbocycles. The van der Waals surface area contributed by atoms with Crippen LogP contribution in [0.25, 0.3) is 64.7 Å². The second-order valence-electron chi connectivity index (χ2n) is 16.8. The lowest BCUT2D eigenvalue weighted by Gasteiger charge is -2.41. The largest absolute Gasteiger partial charge is 0.457 e. The van der Waals surface area contributed by atoms with Crippen LogP contribution in [0, 0.1) is 0 Å². The van der Waals surface area contributed by atoms with Gasteiger partial charge in [-0.25, -0.2) is 0 Å². The summed E-state index contributed by atoms with van der Waals surface area (Å²) in [6.07, 6.45) is 0. The fourth-order valence-electron chi connectivity index (χ4n) is 10.6. The van der Waals surface area contributed by atoms with Crippen molar-refractivity contribution in [2.45, 2.75) is 5.41 Å². The first-order chi connectivity index (χ1) is 31.7. The molecule has 0 N–H and O–H groups in total. The SMILES string of the molecule is c1ccc(-c2ccc(-c3cc(N(c4cccc(-c5ccccc5)c4)c4cccc5c4C4(c6ccccc6Oc6ccccc64)c4ccccc4-5)cc4c3sc3ccccc34)cc2)cc1. The average molecular weight is 834 g/mol. The van der Waals surface area contributed by atoms with Crippen molar-refractivity contribution in [3.05, 3.63) is 259 Å². The number of rotatable bonds is 6. The fourth-order valence-corrected chi connectivity index (χ4v) is 11.8. The molecule has 0 unspecified atom stereocenters. The summed E-state index contributed by atoms with van der Waals surface area (Å²) in [5, 5.41) is 2.51. The van der Waals surface area contributed by atoms with Crippen molar-refractivity contribution in [2.75, 3.05) is 4.90 Å². The highest BCUT2D eigenvalue weighted by Gasteiger charge is 2.52. The van der Waals surface area contributed by atoms with Crippen molar-refractivity contribution >= 4 is 48.6 Å². The van der Waals surface area contributed by atoms with Gasteiger partial charge in [0.2, 0.25) is 0 Å². The average Bonchev–Trinajstić information content (AvgIpc) is 3.89. The normalized spacial score (nSPS) is 12.9. The fraction of sp³-hybridized carbons (Fsp3) is 0.0164. The number of benzene rings is 10. The van der Waals surface area contributed by atoms with Gasteiger partial charge in [-0.1, -0.05) is 188 Å². The van der Waals surface area contributed by atoms with Crippen molar-refractivity contribution < 1.29 is 4.74 Å². The molecule has 13 rings (SSSR count). The van der Waals surface area contributed by atoms with Crippen LogP contribution in [0.3, 0.4) is 0 Å². The molecule has 1 aliphatic heterocycles. The molecule has 0 saturated heterocycles. The molecule has 3 heteroatoms. The summed E-state index contributed by atoms with van der Waals surface area (Å²) in [4.78, 5) is 2.54. The number of hydrogen-bond donors (Lipinski definition) is 0. The van der Waals surface area contributed by atoms with Crippen LogP contribution in [0.2, 0.25) is 0 Å².